The van der Waals surface area contributed by atoms with E-state index < -0.39 is 0 Å². The Bertz CT molecular complexity index is 421. The summed E-state index contributed by atoms with van der Waals surface area (Å²) < 4.78 is 0. The number of nitrogens with two attached hydrogens (primary N) is 2. The molecule has 1 heterocycles. The number of anilines is 2. The summed E-state index contributed by atoms with van der Waals surface area (Å²) in [5, 5.41) is 3.19. The van der Waals surface area contributed by atoms with Crippen molar-refractivity contribution in [1.82, 2.24) is 9.97 Å². The molecule has 0 bridgehead atoms. The van der Waals surface area contributed by atoms with Gasteiger partial charge in [-0.2, -0.15) is 0 Å². The van der Waals surface area contributed by atoms with Crippen molar-refractivity contribution in [3.63, 3.8) is 0 Å². The van der Waals surface area contributed by atoms with Gasteiger partial charge in [-0.1, -0.05) is 13.8 Å². The summed E-state index contributed by atoms with van der Waals surface area (Å²) in [5.74, 6) is 7.38. The zero-order chi connectivity index (χ0) is 14.3. The molecule has 0 fully saturated rings. The van der Waals surface area contributed by atoms with E-state index in [4.69, 9.17) is 11.6 Å². The van der Waals surface area contributed by atoms with E-state index >= 15 is 0 Å². The van der Waals surface area contributed by atoms with Crippen molar-refractivity contribution in [1.29, 1.82) is 0 Å². The molecule has 6 N–H and O–H groups in total. The first-order valence-electron chi connectivity index (χ1n) is 6.40. The summed E-state index contributed by atoms with van der Waals surface area (Å²) in [7, 11) is 0. The third-order valence-electron chi connectivity index (χ3n) is 2.56. The zero-order valence-electron chi connectivity index (χ0n) is 11.4. The lowest BCUT2D eigenvalue weighted by Crippen LogP contribution is -2.14. The molecule has 19 heavy (non-hydrogen) atoms. The molecule has 1 rings (SSSR count). The van der Waals surface area contributed by atoms with E-state index in [9.17, 15) is 4.79 Å². The van der Waals surface area contributed by atoms with Gasteiger partial charge in [-0.05, 0) is 12.8 Å². The molecule has 0 atom stereocenters. The SMILES string of the molecule is CC(C)c1nc(NN)cc(NCCCCC(N)=O)n1. The Morgan fingerprint density at radius 1 is 1.32 bits per heavy atom. The number of rotatable bonds is 8. The lowest BCUT2D eigenvalue weighted by atomic mass is 10.2. The second kappa shape index (κ2) is 7.52. The molecule has 7 nitrogen and oxygen atoms in total. The van der Waals surface area contributed by atoms with Gasteiger partial charge in [0.1, 0.15) is 17.5 Å². The second-order valence-corrected chi connectivity index (χ2v) is 4.65. The molecule has 106 valence electrons. The molecule has 0 saturated carbocycles. The van der Waals surface area contributed by atoms with E-state index in [1.165, 1.54) is 0 Å². The van der Waals surface area contributed by atoms with Crippen LogP contribution in [0.25, 0.3) is 0 Å². The smallest absolute Gasteiger partial charge is 0.217 e. The van der Waals surface area contributed by atoms with Crippen LogP contribution < -0.4 is 22.3 Å². The molecule has 1 aromatic heterocycles. The summed E-state index contributed by atoms with van der Waals surface area (Å²) in [6.45, 7) is 4.77. The molecule has 7 heteroatoms. The monoisotopic (exact) mass is 266 g/mol. The van der Waals surface area contributed by atoms with Crippen LogP contribution in [0.4, 0.5) is 11.6 Å². The van der Waals surface area contributed by atoms with Gasteiger partial charge >= 0.3 is 0 Å². The maximum atomic E-state index is 10.6. The molecule has 0 aliphatic rings. The Balaban J connectivity index is 2.52. The van der Waals surface area contributed by atoms with Crippen LogP contribution in [0.5, 0.6) is 0 Å². The number of hydrogen-bond acceptors (Lipinski definition) is 6. The van der Waals surface area contributed by atoms with Gasteiger partial charge in [-0.25, -0.2) is 15.8 Å². The minimum absolute atomic E-state index is 0.226. The van der Waals surface area contributed by atoms with E-state index in [1.807, 2.05) is 13.8 Å². The van der Waals surface area contributed by atoms with E-state index in [0.717, 1.165) is 31.0 Å². The molecule has 0 radical (unpaired) electrons. The van der Waals surface area contributed by atoms with Crippen LogP contribution in [0, 0.1) is 0 Å². The number of aromatic nitrogens is 2. The lowest BCUT2D eigenvalue weighted by Gasteiger charge is -2.11. The maximum Gasteiger partial charge on any atom is 0.217 e. The van der Waals surface area contributed by atoms with Crippen molar-refractivity contribution < 1.29 is 4.79 Å². The zero-order valence-corrected chi connectivity index (χ0v) is 11.4. The summed E-state index contributed by atoms with van der Waals surface area (Å²) in [6.07, 6.45) is 2.04. The number of nitrogen functional groups attached to an aromatic ring is 1. The average Bonchev–Trinajstić information content (AvgIpc) is 2.37. The number of nitrogens with zero attached hydrogens (tertiary/aromatic N) is 2. The van der Waals surface area contributed by atoms with Crippen LogP contribution >= 0.6 is 0 Å². The van der Waals surface area contributed by atoms with Crippen molar-refractivity contribution in [2.45, 2.75) is 39.0 Å². The van der Waals surface area contributed by atoms with Gasteiger partial charge < -0.3 is 16.5 Å². The summed E-state index contributed by atoms with van der Waals surface area (Å²) in [4.78, 5) is 19.3. The van der Waals surface area contributed by atoms with Gasteiger partial charge in [0.05, 0.1) is 0 Å². The van der Waals surface area contributed by atoms with Gasteiger partial charge in [0.15, 0.2) is 0 Å². The fourth-order valence-electron chi connectivity index (χ4n) is 1.53. The normalized spacial score (nSPS) is 10.5. The van der Waals surface area contributed by atoms with Crippen molar-refractivity contribution >= 4 is 17.5 Å². The summed E-state index contributed by atoms with van der Waals surface area (Å²) >= 11 is 0. The largest absolute Gasteiger partial charge is 0.370 e. The highest BCUT2D eigenvalue weighted by molar-refractivity contribution is 5.73. The second-order valence-electron chi connectivity index (χ2n) is 4.65. The van der Waals surface area contributed by atoms with E-state index in [2.05, 4.69) is 20.7 Å². The predicted molar refractivity (Wildman–Crippen MR) is 75.5 cm³/mol. The Kier molecular flexibility index (Phi) is 6.01. The Morgan fingerprint density at radius 2 is 2.00 bits per heavy atom. The molecule has 0 spiro atoms. The number of nitrogens with one attached hydrogen (secondary N) is 2. The van der Waals surface area contributed by atoms with Crippen molar-refractivity contribution in [3.8, 4) is 0 Å². The minimum Gasteiger partial charge on any atom is -0.370 e. The fourth-order valence-corrected chi connectivity index (χ4v) is 1.53. The molecule has 0 saturated heterocycles. The number of primary amides is 1. The van der Waals surface area contributed by atoms with Crippen LogP contribution in [-0.2, 0) is 4.79 Å². The molecule has 1 amide bonds. The van der Waals surface area contributed by atoms with Gasteiger partial charge in [0, 0.05) is 24.9 Å². The van der Waals surface area contributed by atoms with Crippen LogP contribution in [0.1, 0.15) is 44.9 Å². The molecular weight excluding hydrogens is 244 g/mol. The molecule has 0 aliphatic carbocycles. The molecular formula is C12H22N6O. The van der Waals surface area contributed by atoms with Crippen LogP contribution in [-0.4, -0.2) is 22.4 Å². The Morgan fingerprint density at radius 3 is 2.58 bits per heavy atom. The van der Waals surface area contributed by atoms with Crippen molar-refractivity contribution in [2.75, 3.05) is 17.3 Å². The molecule has 0 aromatic carbocycles. The van der Waals surface area contributed by atoms with Gasteiger partial charge in [-0.3, -0.25) is 4.79 Å². The number of hydrogen-bond donors (Lipinski definition) is 4. The highest BCUT2D eigenvalue weighted by atomic mass is 16.1. The van der Waals surface area contributed by atoms with Crippen LogP contribution in [0.2, 0.25) is 0 Å². The van der Waals surface area contributed by atoms with E-state index in [0.29, 0.717) is 12.2 Å². The number of carbonyl (C=O) groups excluding carboxylic acids is 1. The number of carbonyl (C=O) groups is 1. The topological polar surface area (TPSA) is 119 Å². The van der Waals surface area contributed by atoms with E-state index in [-0.39, 0.29) is 11.8 Å². The fraction of sp³-hybridized carbons (Fsp3) is 0.583. The predicted octanol–water partition coefficient (Wildman–Crippen LogP) is 0.953. The highest BCUT2D eigenvalue weighted by Crippen LogP contribution is 2.16. The number of hydrazine groups is 1. The van der Waals surface area contributed by atoms with E-state index in [1.54, 1.807) is 6.07 Å². The summed E-state index contributed by atoms with van der Waals surface area (Å²) in [5.41, 5.74) is 7.60. The molecule has 0 unspecified atom stereocenters. The van der Waals surface area contributed by atoms with Crippen molar-refractivity contribution in [2.24, 2.45) is 11.6 Å². The first kappa shape index (κ1) is 15.2. The van der Waals surface area contributed by atoms with Gasteiger partial charge in [0.2, 0.25) is 5.91 Å². The molecule has 1 aromatic rings. The maximum absolute atomic E-state index is 10.6. The standard InChI is InChI=1S/C12H22N6O/c1-8(2)12-16-10(7-11(17-12)18-14)15-6-4-3-5-9(13)19/h7-8H,3-6,14H2,1-2H3,(H2,13,19)(H2,15,16,17,18). The Labute approximate surface area is 113 Å². The first-order valence-corrected chi connectivity index (χ1v) is 6.40. The average molecular weight is 266 g/mol. The first-order chi connectivity index (χ1) is 9.02. The third-order valence-corrected chi connectivity index (χ3v) is 2.56. The van der Waals surface area contributed by atoms with Crippen LogP contribution in [0.15, 0.2) is 6.07 Å². The van der Waals surface area contributed by atoms with Gasteiger partial charge in [-0.15, -0.1) is 0 Å². The summed E-state index contributed by atoms with van der Waals surface area (Å²) in [6, 6.07) is 1.75. The quantitative estimate of drug-likeness (QED) is 0.316. The Hall–Kier alpha value is -1.89. The third kappa shape index (κ3) is 5.52. The lowest BCUT2D eigenvalue weighted by molar-refractivity contribution is -0.118. The molecule has 0 aliphatic heterocycles. The number of unbranched alkanes of at least 4 members (excludes halogenated alkanes) is 1. The van der Waals surface area contributed by atoms with Gasteiger partial charge in [0.25, 0.3) is 0 Å². The van der Waals surface area contributed by atoms with Crippen molar-refractivity contribution in [3.05, 3.63) is 11.9 Å². The van der Waals surface area contributed by atoms with Crippen LogP contribution in [0.3, 0.4) is 0 Å². The highest BCUT2D eigenvalue weighted by Gasteiger charge is 2.07. The minimum atomic E-state index is -0.265. The number of amides is 1.